The third-order valence-corrected chi connectivity index (χ3v) is 9.05. The molecule has 2 aromatic carbocycles. The van der Waals surface area contributed by atoms with E-state index < -0.39 is 17.7 Å². The van der Waals surface area contributed by atoms with Crippen LogP contribution in [-0.4, -0.2) is 98.0 Å². The number of piperazine rings is 1. The minimum Gasteiger partial charge on any atom is -0.488 e. The standard InChI is InChI=1S/C35H46F2N4O6.ClH/c1-39-30-23-29(37)28(36)22-27(30)33(47-21-20-45-17-16-44-18-19-46-24-25-8-4-2-5-9-25)32(39)35(43)41-14-12-40(13-15-41)34(42)31(38)26-10-6-3-7-11-26;/h2,4-5,8-9,22-23,26,31H,3,6-7,10-21,24,38H2,1H3;1H/t31-;/m0./s1. The fourth-order valence-corrected chi connectivity index (χ4v) is 6.37. The number of aryl methyl sites for hydroxylation is 1. The number of benzene rings is 2. The van der Waals surface area contributed by atoms with Gasteiger partial charge in [-0.25, -0.2) is 8.78 Å². The second kappa shape index (κ2) is 18.5. The van der Waals surface area contributed by atoms with Gasteiger partial charge in [-0.3, -0.25) is 9.59 Å². The monoisotopic (exact) mass is 692 g/mol. The summed E-state index contributed by atoms with van der Waals surface area (Å²) in [6.45, 7) is 3.76. The van der Waals surface area contributed by atoms with Gasteiger partial charge in [0.15, 0.2) is 23.1 Å². The molecule has 0 spiro atoms. The fraction of sp³-hybridized carbons (Fsp3) is 0.543. The number of hydrogen-bond acceptors (Lipinski definition) is 7. The molecule has 1 aliphatic heterocycles. The topological polar surface area (TPSA) is 108 Å². The highest BCUT2D eigenvalue weighted by atomic mass is 35.5. The predicted molar refractivity (Wildman–Crippen MR) is 180 cm³/mol. The van der Waals surface area contributed by atoms with E-state index in [0.717, 1.165) is 43.4 Å². The van der Waals surface area contributed by atoms with Gasteiger partial charge in [-0.15, -0.1) is 12.4 Å². The summed E-state index contributed by atoms with van der Waals surface area (Å²) in [4.78, 5) is 30.4. The van der Waals surface area contributed by atoms with Crippen LogP contribution in [0.5, 0.6) is 5.75 Å². The van der Waals surface area contributed by atoms with Crippen LogP contribution in [0, 0.1) is 17.6 Å². The van der Waals surface area contributed by atoms with Crippen LogP contribution in [0.15, 0.2) is 42.5 Å². The van der Waals surface area contributed by atoms with Gasteiger partial charge in [0.25, 0.3) is 5.91 Å². The molecule has 264 valence electrons. The Morgan fingerprint density at radius 2 is 1.42 bits per heavy atom. The fourth-order valence-electron chi connectivity index (χ4n) is 6.37. The smallest absolute Gasteiger partial charge is 0.274 e. The molecule has 2 heterocycles. The lowest BCUT2D eigenvalue weighted by molar-refractivity contribution is -0.135. The number of amides is 2. The number of hydrogen-bond donors (Lipinski definition) is 1. The third kappa shape index (κ3) is 9.44. The molecule has 2 fully saturated rings. The van der Waals surface area contributed by atoms with Crippen LogP contribution in [0.2, 0.25) is 0 Å². The van der Waals surface area contributed by atoms with Gasteiger partial charge in [-0.05, 0) is 30.4 Å². The van der Waals surface area contributed by atoms with Crippen LogP contribution in [0.3, 0.4) is 0 Å². The van der Waals surface area contributed by atoms with E-state index in [-0.39, 0.29) is 54.8 Å². The molecule has 0 bridgehead atoms. The molecule has 1 saturated carbocycles. The molecular formula is C35H47ClF2N4O6. The van der Waals surface area contributed by atoms with E-state index in [0.29, 0.717) is 70.1 Å². The highest BCUT2D eigenvalue weighted by Gasteiger charge is 2.34. The first-order valence-electron chi connectivity index (χ1n) is 16.6. The highest BCUT2D eigenvalue weighted by molar-refractivity contribution is 6.04. The van der Waals surface area contributed by atoms with Crippen LogP contribution in [0.25, 0.3) is 10.9 Å². The number of aromatic nitrogens is 1. The number of carbonyl (C=O) groups excluding carboxylic acids is 2. The van der Waals surface area contributed by atoms with Crippen molar-refractivity contribution in [1.82, 2.24) is 14.4 Å². The number of ether oxygens (including phenoxy) is 4. The van der Waals surface area contributed by atoms with Crippen LogP contribution in [0.4, 0.5) is 8.78 Å². The zero-order chi connectivity index (χ0) is 33.2. The molecule has 3 aromatic rings. The number of fused-ring (bicyclic) bond motifs is 1. The maximum Gasteiger partial charge on any atom is 0.274 e. The maximum absolute atomic E-state index is 14.3. The van der Waals surface area contributed by atoms with Crippen LogP contribution in [0.1, 0.15) is 48.2 Å². The first-order valence-corrected chi connectivity index (χ1v) is 16.6. The minimum absolute atomic E-state index is 0. The van der Waals surface area contributed by atoms with Crippen molar-refractivity contribution in [3.8, 4) is 5.75 Å². The Bertz CT molecular complexity index is 1480. The number of nitrogens with two attached hydrogens (primary N) is 1. The van der Waals surface area contributed by atoms with E-state index in [1.807, 2.05) is 30.3 Å². The highest BCUT2D eigenvalue weighted by Crippen LogP contribution is 2.35. The molecule has 2 amide bonds. The molecule has 1 aliphatic carbocycles. The molecular weight excluding hydrogens is 646 g/mol. The molecule has 10 nitrogen and oxygen atoms in total. The average molecular weight is 693 g/mol. The number of carbonyl (C=O) groups is 2. The van der Waals surface area contributed by atoms with Gasteiger partial charge in [-0.2, -0.15) is 0 Å². The van der Waals surface area contributed by atoms with Crippen molar-refractivity contribution < 1.29 is 37.3 Å². The first kappa shape index (κ1) is 37.5. The summed E-state index contributed by atoms with van der Waals surface area (Å²) in [7, 11) is 1.63. The number of nitrogens with zero attached hydrogens (tertiary/aromatic N) is 3. The Morgan fingerprint density at radius 1 is 0.833 bits per heavy atom. The van der Waals surface area contributed by atoms with Crippen molar-refractivity contribution in [2.45, 2.75) is 44.8 Å². The largest absolute Gasteiger partial charge is 0.488 e. The predicted octanol–water partition coefficient (Wildman–Crippen LogP) is 4.70. The zero-order valence-corrected chi connectivity index (χ0v) is 28.4. The number of rotatable bonds is 15. The van der Waals surface area contributed by atoms with Crippen LogP contribution in [-0.2, 0) is 32.7 Å². The summed E-state index contributed by atoms with van der Waals surface area (Å²) in [6.07, 6.45) is 5.33. The van der Waals surface area contributed by atoms with Gasteiger partial charge < -0.3 is 39.0 Å². The first-order chi connectivity index (χ1) is 22.8. The van der Waals surface area contributed by atoms with Gasteiger partial charge in [0.1, 0.15) is 6.61 Å². The second-order valence-corrected chi connectivity index (χ2v) is 12.2. The zero-order valence-electron chi connectivity index (χ0n) is 27.5. The second-order valence-electron chi connectivity index (χ2n) is 12.2. The molecule has 2 N–H and O–H groups in total. The summed E-state index contributed by atoms with van der Waals surface area (Å²) < 4.78 is 52.9. The Kier molecular flexibility index (Phi) is 14.4. The van der Waals surface area contributed by atoms with Crippen molar-refractivity contribution in [1.29, 1.82) is 0 Å². The van der Waals surface area contributed by atoms with Gasteiger partial charge in [0, 0.05) is 44.7 Å². The Balaban J connectivity index is 0.00000520. The molecule has 1 saturated heterocycles. The molecule has 0 unspecified atom stereocenters. The third-order valence-electron chi connectivity index (χ3n) is 9.05. The summed E-state index contributed by atoms with van der Waals surface area (Å²) in [5.74, 6) is -2.08. The van der Waals surface area contributed by atoms with Crippen molar-refractivity contribution in [2.24, 2.45) is 18.7 Å². The van der Waals surface area contributed by atoms with E-state index >= 15 is 0 Å². The summed E-state index contributed by atoms with van der Waals surface area (Å²) in [5, 5.41) is 0.292. The van der Waals surface area contributed by atoms with E-state index in [2.05, 4.69) is 0 Å². The molecule has 5 rings (SSSR count). The minimum atomic E-state index is -1.03. The normalized spacial score (nSPS) is 16.2. The summed E-state index contributed by atoms with van der Waals surface area (Å²) >= 11 is 0. The van der Waals surface area contributed by atoms with E-state index in [4.69, 9.17) is 24.7 Å². The Labute approximate surface area is 286 Å². The van der Waals surface area contributed by atoms with Crippen molar-refractivity contribution in [2.75, 3.05) is 65.8 Å². The molecule has 1 aromatic heterocycles. The van der Waals surface area contributed by atoms with E-state index in [1.165, 1.54) is 11.0 Å². The molecule has 48 heavy (non-hydrogen) atoms. The molecule has 13 heteroatoms. The van der Waals surface area contributed by atoms with Crippen LogP contribution >= 0.6 is 12.4 Å². The van der Waals surface area contributed by atoms with Crippen molar-refractivity contribution in [3.63, 3.8) is 0 Å². The lowest BCUT2D eigenvalue weighted by atomic mass is 9.83. The van der Waals surface area contributed by atoms with E-state index in [9.17, 15) is 18.4 Å². The SMILES string of the molecule is Cl.Cn1c(C(=O)N2CCN(C(=O)[C@@H](N)C3CCCCC3)CC2)c(OCCOCCOCCOCc2ccccc2)c2cc(F)c(F)cc21. The lowest BCUT2D eigenvalue weighted by Crippen LogP contribution is -2.56. The average Bonchev–Trinajstić information content (AvgIpc) is 3.36. The number of halogens is 3. The summed E-state index contributed by atoms with van der Waals surface area (Å²) in [5.41, 5.74) is 7.98. The quantitative estimate of drug-likeness (QED) is 0.230. The van der Waals surface area contributed by atoms with Crippen LogP contribution < -0.4 is 10.5 Å². The Morgan fingerprint density at radius 3 is 2.08 bits per heavy atom. The van der Waals surface area contributed by atoms with Crippen molar-refractivity contribution >= 4 is 35.1 Å². The molecule has 0 radical (unpaired) electrons. The molecule has 2 aliphatic rings. The maximum atomic E-state index is 14.3. The molecule has 1 atom stereocenters. The van der Waals surface area contributed by atoms with E-state index in [1.54, 1.807) is 16.8 Å². The van der Waals surface area contributed by atoms with Gasteiger partial charge >= 0.3 is 0 Å². The summed E-state index contributed by atoms with van der Waals surface area (Å²) in [6, 6.07) is 11.5. The van der Waals surface area contributed by atoms with Gasteiger partial charge in [0.2, 0.25) is 5.91 Å². The van der Waals surface area contributed by atoms with Gasteiger partial charge in [-0.1, -0.05) is 49.6 Å². The van der Waals surface area contributed by atoms with Gasteiger partial charge in [0.05, 0.1) is 51.2 Å². The lowest BCUT2D eigenvalue weighted by Gasteiger charge is -2.37. The van der Waals surface area contributed by atoms with Crippen molar-refractivity contribution in [3.05, 3.63) is 65.4 Å². The Hall–Kier alpha value is -3.29.